The first-order valence-corrected chi connectivity index (χ1v) is 17.7. The van der Waals surface area contributed by atoms with E-state index in [1.807, 2.05) is 0 Å². The fourth-order valence-electron chi connectivity index (χ4n) is 2.53. The van der Waals surface area contributed by atoms with E-state index in [2.05, 4.69) is 87.2 Å². The molecule has 2 nitrogen and oxygen atoms in total. The summed E-state index contributed by atoms with van der Waals surface area (Å²) in [6.45, 7) is 34.9. The van der Waals surface area contributed by atoms with Crippen LogP contribution in [0.5, 0.6) is 0 Å². The Morgan fingerprint density at radius 2 is 0.792 bits per heavy atom. The molecular weight excluding hydrogens is 436 g/mol. The van der Waals surface area contributed by atoms with Crippen LogP contribution < -0.4 is 0 Å². The van der Waals surface area contributed by atoms with Crippen molar-refractivity contribution in [2.24, 2.45) is 0 Å². The summed E-state index contributed by atoms with van der Waals surface area (Å²) in [6.07, 6.45) is 0. The molecule has 0 aromatic carbocycles. The van der Waals surface area contributed by atoms with E-state index in [4.69, 9.17) is 9.30 Å². The topological polar surface area (TPSA) is 39.8 Å². The largest absolute Gasteiger partial charge is 0 e. The normalized spacial score (nSPS) is 14.3. The first kappa shape index (κ1) is 32.1. The summed E-state index contributed by atoms with van der Waals surface area (Å²) >= 11 is 0. The van der Waals surface area contributed by atoms with E-state index in [1.165, 1.54) is 35.9 Å². The van der Waals surface area contributed by atoms with E-state index in [1.54, 1.807) is 0 Å². The van der Waals surface area contributed by atoms with Crippen LogP contribution in [0.2, 0.25) is 39.3 Å². The Balaban J connectivity index is -0.000000134. The summed E-state index contributed by atoms with van der Waals surface area (Å²) in [5, 5.41) is 0. The molecule has 0 aromatic heterocycles. The molecule has 0 atom stereocenters. The van der Waals surface area contributed by atoms with Gasteiger partial charge in [-0.2, -0.15) is 0 Å². The van der Waals surface area contributed by atoms with Crippen molar-refractivity contribution in [1.29, 1.82) is 0 Å². The van der Waals surface area contributed by atoms with E-state index in [9.17, 15) is 0 Å². The summed E-state index contributed by atoms with van der Waals surface area (Å²) in [4.78, 5) is 0. The Kier molecular flexibility index (Phi) is 19.6. The summed E-state index contributed by atoms with van der Waals surface area (Å²) in [6, 6.07) is 0. The van der Waals surface area contributed by atoms with Crippen molar-refractivity contribution in [3.8, 4) is 0 Å². The minimum atomic E-state index is -0.703. The third kappa shape index (κ3) is 14.8. The van der Waals surface area contributed by atoms with Crippen molar-refractivity contribution < 1.29 is 28.8 Å². The minimum absolute atomic E-state index is 0. The molecule has 0 aliphatic heterocycles. The molecule has 1 rings (SSSR count). The molecular formula is C18H34O2PRuSi2. The molecule has 1 radical (unpaired) electrons. The van der Waals surface area contributed by atoms with Crippen LogP contribution in [0.4, 0.5) is 0 Å². The van der Waals surface area contributed by atoms with Crippen molar-refractivity contribution in [2.75, 3.05) is 0 Å². The Bertz CT molecular complexity index is 425. The second kappa shape index (κ2) is 14.6. The third-order valence-corrected chi connectivity index (χ3v) is 23.1. The van der Waals surface area contributed by atoms with Gasteiger partial charge in [-0.15, -0.1) is 7.68 Å². The van der Waals surface area contributed by atoms with Gasteiger partial charge in [-0.3, -0.25) is 0 Å². The molecule has 0 aromatic rings. The predicted molar refractivity (Wildman–Crippen MR) is 109 cm³/mol. The van der Waals surface area contributed by atoms with Gasteiger partial charge in [0.1, 0.15) is 0 Å². The van der Waals surface area contributed by atoms with Gasteiger partial charge in [-0.25, -0.2) is 0 Å². The molecule has 0 saturated heterocycles. The van der Waals surface area contributed by atoms with Crippen molar-refractivity contribution in [2.45, 2.75) is 73.9 Å². The van der Waals surface area contributed by atoms with Gasteiger partial charge in [0.15, 0.2) is 0 Å². The summed E-state index contributed by atoms with van der Waals surface area (Å²) < 4.78 is 15.0. The molecule has 6 heteroatoms. The SMILES string of the molecule is C[C]1C(C)=C(C)C(C)=C1C.C[Si](C)(C)P[Si](C)(C)C.[C-]#[O+].[C-]#[O+].[Ru]. The van der Waals surface area contributed by atoms with E-state index >= 15 is 0 Å². The number of rotatable bonds is 2. The van der Waals surface area contributed by atoms with Gasteiger partial charge >= 0.3 is 22.6 Å². The zero-order valence-corrected chi connectivity index (χ0v) is 21.9. The summed E-state index contributed by atoms with van der Waals surface area (Å²) in [7, 11) is -0.0775. The van der Waals surface area contributed by atoms with Crippen LogP contribution in [0.1, 0.15) is 34.6 Å². The Labute approximate surface area is 167 Å². The first-order chi connectivity index (χ1) is 10.3. The summed E-state index contributed by atoms with van der Waals surface area (Å²) in [5.74, 6) is 1.47. The number of hydrogen-bond acceptors (Lipinski definition) is 0. The Hall–Kier alpha value is 0.447. The van der Waals surface area contributed by atoms with Crippen LogP contribution in [0.3, 0.4) is 0 Å². The van der Waals surface area contributed by atoms with Crippen LogP contribution in [-0.4, -0.2) is 15.5 Å². The molecule has 24 heavy (non-hydrogen) atoms. The average Bonchev–Trinajstić information content (AvgIpc) is 2.58. The van der Waals surface area contributed by atoms with Crippen LogP contribution >= 0.6 is 7.68 Å². The molecule has 0 amide bonds. The zero-order chi connectivity index (χ0) is 19.6. The van der Waals surface area contributed by atoms with Gasteiger partial charge in [0.2, 0.25) is 0 Å². The molecule has 0 heterocycles. The smallest absolute Gasteiger partial charge is 0 e. The maximum Gasteiger partial charge on any atom is 0 e. The van der Waals surface area contributed by atoms with Gasteiger partial charge in [-0.1, -0.05) is 57.4 Å². The third-order valence-electron chi connectivity index (χ3n) is 3.56. The molecule has 139 valence electrons. The first-order valence-electron chi connectivity index (χ1n) is 7.66. The van der Waals surface area contributed by atoms with Gasteiger partial charge in [0.05, 0.1) is 15.5 Å². The monoisotopic (exact) mass is 471 g/mol. The average molecular weight is 471 g/mol. The predicted octanol–water partition coefficient (Wildman–Crippen LogP) is 6.52. The fourth-order valence-corrected chi connectivity index (χ4v) is 31.8. The molecule has 0 bridgehead atoms. The quantitative estimate of drug-likeness (QED) is 0.191. The molecule has 1 aliphatic carbocycles. The standard InChI is InChI=1S/C10H15.C6H19PSi2.2CO.Ru/c1-6-7(2)9(4)10(5)8(6)3;1-8(2,3)7-9(4,5)6;2*1-2;/h1-5H3;7H,1-6H3;;;. The van der Waals surface area contributed by atoms with Crippen molar-refractivity contribution in [1.82, 2.24) is 0 Å². The molecule has 0 spiro atoms. The Morgan fingerprint density at radius 3 is 0.833 bits per heavy atom. The molecule has 0 unspecified atom stereocenters. The van der Waals surface area contributed by atoms with Gasteiger partial charge < -0.3 is 0 Å². The van der Waals surface area contributed by atoms with Crippen LogP contribution in [0, 0.1) is 19.2 Å². The van der Waals surface area contributed by atoms with Gasteiger partial charge in [-0.05, 0) is 38.8 Å². The number of hydrogen-bond donors (Lipinski definition) is 0. The second-order valence-electron chi connectivity index (χ2n) is 7.75. The molecule has 1 aliphatic rings. The molecule has 0 N–H and O–H groups in total. The van der Waals surface area contributed by atoms with Gasteiger partial charge in [0, 0.05) is 25.4 Å². The number of allylic oxidation sites excluding steroid dienone is 4. The maximum atomic E-state index is 7.50. The second-order valence-corrected chi connectivity index (χ2v) is 29.0. The zero-order valence-electron chi connectivity index (χ0n) is 17.2. The van der Waals surface area contributed by atoms with E-state index in [-0.39, 0.29) is 19.5 Å². The van der Waals surface area contributed by atoms with Crippen LogP contribution in [0.15, 0.2) is 22.3 Å². The van der Waals surface area contributed by atoms with E-state index < -0.39 is 15.5 Å². The van der Waals surface area contributed by atoms with E-state index in [0.717, 1.165) is 0 Å². The molecule has 0 fully saturated rings. The van der Waals surface area contributed by atoms with Crippen molar-refractivity contribution in [3.63, 3.8) is 0 Å². The molecule has 0 saturated carbocycles. The van der Waals surface area contributed by atoms with Crippen LogP contribution in [-0.2, 0) is 28.8 Å². The summed E-state index contributed by atoms with van der Waals surface area (Å²) in [5.41, 5.74) is 5.87. The minimum Gasteiger partial charge on any atom is 0 e. The van der Waals surface area contributed by atoms with Crippen LogP contribution in [0.25, 0.3) is 0 Å². The van der Waals surface area contributed by atoms with Gasteiger partial charge in [0.25, 0.3) is 0 Å². The maximum absolute atomic E-state index is 7.50. The van der Waals surface area contributed by atoms with E-state index in [0.29, 0.717) is 0 Å². The van der Waals surface area contributed by atoms with Crippen molar-refractivity contribution >= 4 is 23.2 Å². The fraction of sp³-hybridized carbons (Fsp3) is 0.611. The van der Waals surface area contributed by atoms with Crippen molar-refractivity contribution in [3.05, 3.63) is 41.5 Å². The Morgan fingerprint density at radius 1 is 0.583 bits per heavy atom.